The molecule has 0 radical (unpaired) electrons. The monoisotopic (exact) mass is 710 g/mol. The first-order valence-electron chi connectivity index (χ1n) is 17.7. The molecule has 0 spiro atoms. The summed E-state index contributed by atoms with van der Waals surface area (Å²) < 4.78 is 8.38. The molecule has 6 aromatic rings. The number of anilines is 1. The van der Waals surface area contributed by atoms with Gasteiger partial charge in [0.15, 0.2) is 5.65 Å². The number of morpholine rings is 1. The van der Waals surface area contributed by atoms with Crippen molar-refractivity contribution in [2.75, 3.05) is 25.0 Å². The SMILES string of the molecule is CC(C)(Cc1nc(NC(=O)Cc2ccccc2)nc2c1ncn2C1CN(C(c2ccccc2)(c2ccccc2)c2ccccc2)CC(CO)O1)C(=O)O. The number of aromatic nitrogens is 4. The second-order valence-electron chi connectivity index (χ2n) is 14.0. The van der Waals surface area contributed by atoms with Gasteiger partial charge < -0.3 is 14.9 Å². The Bertz CT molecular complexity index is 2080. The summed E-state index contributed by atoms with van der Waals surface area (Å²) in [4.78, 5) is 41.9. The van der Waals surface area contributed by atoms with Gasteiger partial charge >= 0.3 is 5.97 Å². The molecule has 2 unspecified atom stereocenters. The van der Waals surface area contributed by atoms with Crippen LogP contribution in [-0.2, 0) is 32.7 Å². The first-order chi connectivity index (χ1) is 25.7. The first kappa shape index (κ1) is 35.6. The number of hydrogen-bond donors (Lipinski definition) is 3. The van der Waals surface area contributed by atoms with Crippen LogP contribution in [0.25, 0.3) is 11.2 Å². The highest BCUT2D eigenvalue weighted by atomic mass is 16.5. The van der Waals surface area contributed by atoms with Crippen LogP contribution < -0.4 is 5.32 Å². The molecule has 1 amide bonds. The molecule has 11 nitrogen and oxygen atoms in total. The minimum Gasteiger partial charge on any atom is -0.481 e. The fraction of sp³-hybridized carbons (Fsp3) is 0.262. The van der Waals surface area contributed by atoms with E-state index in [-0.39, 0.29) is 31.3 Å². The lowest BCUT2D eigenvalue weighted by atomic mass is 9.75. The molecule has 1 saturated heterocycles. The van der Waals surface area contributed by atoms with Gasteiger partial charge in [-0.25, -0.2) is 9.97 Å². The van der Waals surface area contributed by atoms with Crippen molar-refractivity contribution in [3.63, 3.8) is 0 Å². The topological polar surface area (TPSA) is 143 Å². The van der Waals surface area contributed by atoms with Crippen LogP contribution in [0, 0.1) is 5.41 Å². The van der Waals surface area contributed by atoms with E-state index in [1.807, 2.05) is 84.9 Å². The van der Waals surface area contributed by atoms with Gasteiger partial charge in [-0.15, -0.1) is 0 Å². The van der Waals surface area contributed by atoms with Gasteiger partial charge in [0.1, 0.15) is 11.7 Å². The number of carbonyl (C=O) groups excluding carboxylic acids is 1. The number of benzene rings is 4. The summed E-state index contributed by atoms with van der Waals surface area (Å²) in [6, 6.07) is 40.3. The van der Waals surface area contributed by atoms with Crippen LogP contribution in [0.4, 0.5) is 5.95 Å². The van der Waals surface area contributed by atoms with E-state index in [1.54, 1.807) is 24.7 Å². The highest BCUT2D eigenvalue weighted by molar-refractivity contribution is 5.91. The van der Waals surface area contributed by atoms with E-state index in [9.17, 15) is 19.8 Å². The average molecular weight is 711 g/mol. The minimum absolute atomic E-state index is 0.0370. The fourth-order valence-electron chi connectivity index (χ4n) is 7.24. The molecule has 1 aliphatic rings. The van der Waals surface area contributed by atoms with Gasteiger partial charge in [0.05, 0.1) is 42.1 Å². The minimum atomic E-state index is -1.18. The normalized spacial score (nSPS) is 16.7. The second kappa shape index (κ2) is 15.1. The van der Waals surface area contributed by atoms with Gasteiger partial charge in [0.2, 0.25) is 11.9 Å². The number of imidazole rings is 1. The Morgan fingerprint density at radius 1 is 0.811 bits per heavy atom. The summed E-state index contributed by atoms with van der Waals surface area (Å²) in [6.07, 6.45) is 0.486. The van der Waals surface area contributed by atoms with Gasteiger partial charge in [0, 0.05) is 19.5 Å². The van der Waals surface area contributed by atoms with E-state index >= 15 is 0 Å². The van der Waals surface area contributed by atoms with E-state index in [2.05, 4.69) is 51.6 Å². The zero-order valence-corrected chi connectivity index (χ0v) is 29.7. The number of carboxylic acids is 1. The van der Waals surface area contributed by atoms with E-state index in [0.717, 1.165) is 22.3 Å². The van der Waals surface area contributed by atoms with Crippen LogP contribution in [0.5, 0.6) is 0 Å². The number of aliphatic hydroxyl groups is 1. The van der Waals surface area contributed by atoms with Gasteiger partial charge in [-0.3, -0.25) is 24.4 Å². The molecule has 0 aliphatic carbocycles. The van der Waals surface area contributed by atoms with Gasteiger partial charge in [0.25, 0.3) is 0 Å². The molecule has 270 valence electrons. The van der Waals surface area contributed by atoms with Crippen molar-refractivity contribution < 1.29 is 24.5 Å². The van der Waals surface area contributed by atoms with Crippen LogP contribution in [0.3, 0.4) is 0 Å². The zero-order valence-electron chi connectivity index (χ0n) is 29.7. The standard InChI is InChI=1S/C42H42N6O5/c1-41(2,39(51)52)24-34-37-38(46-40(44-34)45-35(50)23-29-15-7-3-8-16-29)48(28-43-37)36-26-47(25-33(27-49)53-36)42(30-17-9-4-10-18-30,31-19-11-5-12-20-31)32-21-13-6-14-22-32/h3-22,28,33,36,49H,23-27H2,1-2H3,(H,51,52)(H,44,45,46,50). The Balaban J connectivity index is 1.35. The molecule has 11 heteroatoms. The Kier molecular flexibility index (Phi) is 10.1. The lowest BCUT2D eigenvalue weighted by Crippen LogP contribution is -2.57. The largest absolute Gasteiger partial charge is 0.481 e. The molecule has 3 N–H and O–H groups in total. The molecular weight excluding hydrogens is 668 g/mol. The number of nitrogens with zero attached hydrogens (tertiary/aromatic N) is 5. The number of rotatable bonds is 12. The summed E-state index contributed by atoms with van der Waals surface area (Å²) >= 11 is 0. The maximum absolute atomic E-state index is 13.2. The van der Waals surface area contributed by atoms with Crippen LogP contribution in [0.15, 0.2) is 128 Å². The molecule has 3 heterocycles. The maximum Gasteiger partial charge on any atom is 0.309 e. The number of aliphatic carboxylic acids is 1. The van der Waals surface area contributed by atoms with Crippen LogP contribution in [0.1, 0.15) is 48.0 Å². The van der Waals surface area contributed by atoms with Crippen LogP contribution in [0.2, 0.25) is 0 Å². The quantitative estimate of drug-likeness (QED) is 0.134. The summed E-state index contributed by atoms with van der Waals surface area (Å²) in [5, 5.41) is 23.6. The summed E-state index contributed by atoms with van der Waals surface area (Å²) in [6.45, 7) is 3.78. The Labute approximate surface area is 307 Å². The summed E-state index contributed by atoms with van der Waals surface area (Å²) in [5.74, 6) is -1.27. The average Bonchev–Trinajstić information content (AvgIpc) is 3.61. The van der Waals surface area contributed by atoms with Crippen molar-refractivity contribution in [2.45, 2.75) is 44.6 Å². The number of carbonyl (C=O) groups is 2. The second-order valence-corrected chi connectivity index (χ2v) is 14.0. The van der Waals surface area contributed by atoms with Gasteiger partial charge in [-0.1, -0.05) is 121 Å². The molecule has 53 heavy (non-hydrogen) atoms. The van der Waals surface area contributed by atoms with Crippen molar-refractivity contribution in [3.05, 3.63) is 156 Å². The Hall–Kier alpha value is -5.75. The number of fused-ring (bicyclic) bond motifs is 1. The number of ether oxygens (including phenoxy) is 1. The van der Waals surface area contributed by atoms with Crippen molar-refractivity contribution >= 4 is 29.0 Å². The van der Waals surface area contributed by atoms with Crippen molar-refractivity contribution in [1.82, 2.24) is 24.4 Å². The third-order valence-electron chi connectivity index (χ3n) is 9.85. The zero-order chi connectivity index (χ0) is 37.0. The van der Waals surface area contributed by atoms with Crippen molar-refractivity contribution in [1.29, 1.82) is 0 Å². The Morgan fingerprint density at radius 2 is 1.36 bits per heavy atom. The smallest absolute Gasteiger partial charge is 0.309 e. The molecule has 0 bridgehead atoms. The summed E-state index contributed by atoms with van der Waals surface area (Å²) in [5.41, 5.74) is 3.18. The third-order valence-corrected chi connectivity index (χ3v) is 9.85. The fourth-order valence-corrected chi connectivity index (χ4v) is 7.24. The van der Waals surface area contributed by atoms with E-state index < -0.39 is 29.3 Å². The Morgan fingerprint density at radius 3 is 1.89 bits per heavy atom. The molecule has 0 saturated carbocycles. The number of aliphatic hydroxyl groups excluding tert-OH is 1. The van der Waals surface area contributed by atoms with E-state index in [1.165, 1.54) is 0 Å². The summed E-state index contributed by atoms with van der Waals surface area (Å²) in [7, 11) is 0. The molecule has 7 rings (SSSR count). The van der Waals surface area contributed by atoms with Crippen LogP contribution >= 0.6 is 0 Å². The van der Waals surface area contributed by atoms with Gasteiger partial charge in [-0.2, -0.15) is 4.98 Å². The van der Waals surface area contributed by atoms with Crippen molar-refractivity contribution in [3.8, 4) is 0 Å². The van der Waals surface area contributed by atoms with Crippen molar-refractivity contribution in [2.24, 2.45) is 5.41 Å². The molecule has 2 aromatic heterocycles. The number of carboxylic acid groups (broad SMARTS) is 1. The van der Waals surface area contributed by atoms with E-state index in [0.29, 0.717) is 29.9 Å². The lowest BCUT2D eigenvalue weighted by Gasteiger charge is -2.50. The van der Waals surface area contributed by atoms with Crippen LogP contribution in [-0.4, -0.2) is 72.3 Å². The predicted molar refractivity (Wildman–Crippen MR) is 201 cm³/mol. The molecule has 1 fully saturated rings. The van der Waals surface area contributed by atoms with Gasteiger partial charge in [-0.05, 0) is 36.1 Å². The molecule has 1 aliphatic heterocycles. The predicted octanol–water partition coefficient (Wildman–Crippen LogP) is 5.84. The third kappa shape index (κ3) is 7.19. The molecular formula is C42H42N6O5. The number of hydrogen-bond acceptors (Lipinski definition) is 8. The number of nitrogens with one attached hydrogen (secondary N) is 1. The maximum atomic E-state index is 13.2. The highest BCUT2D eigenvalue weighted by Gasteiger charge is 2.46. The van der Waals surface area contributed by atoms with E-state index in [4.69, 9.17) is 14.7 Å². The number of amides is 1. The lowest BCUT2D eigenvalue weighted by molar-refractivity contribution is -0.148. The first-order valence-corrected chi connectivity index (χ1v) is 17.7. The molecule has 2 atom stereocenters. The highest BCUT2D eigenvalue weighted by Crippen LogP contribution is 2.45. The molecule has 4 aromatic carbocycles.